The summed E-state index contributed by atoms with van der Waals surface area (Å²) in [6, 6.07) is 0. The fourth-order valence-electron chi connectivity index (χ4n) is 0.767. The molecule has 100 valence electrons. The van der Waals surface area contributed by atoms with Crippen LogP contribution in [0.3, 0.4) is 0 Å². The van der Waals surface area contributed by atoms with Gasteiger partial charge in [0.1, 0.15) is 0 Å². The molecule has 0 aromatic carbocycles. The van der Waals surface area contributed by atoms with Crippen LogP contribution in [0.2, 0.25) is 0 Å². The smallest absolute Gasteiger partial charge is 0.312 e. The van der Waals surface area contributed by atoms with Crippen LogP contribution in [0.25, 0.3) is 0 Å². The van der Waals surface area contributed by atoms with Crippen molar-refractivity contribution in [3.63, 3.8) is 0 Å². The van der Waals surface area contributed by atoms with E-state index in [1.807, 2.05) is 41.5 Å². The van der Waals surface area contributed by atoms with Crippen molar-refractivity contribution in [3.8, 4) is 0 Å². The molecule has 0 spiro atoms. The third kappa shape index (κ3) is 9.53. The Hall–Kier alpha value is 0.310. The highest BCUT2D eigenvalue weighted by Gasteiger charge is 2.30. The van der Waals surface area contributed by atoms with Gasteiger partial charge in [0.05, 0.1) is 19.3 Å². The average molecular weight is 252 g/mol. The molecule has 0 unspecified atom stereocenters. The Labute approximate surface area is 103 Å². The molecule has 1 fully saturated rings. The van der Waals surface area contributed by atoms with Crippen molar-refractivity contribution in [2.45, 2.75) is 61.5 Å². The lowest BCUT2D eigenvalue weighted by atomic mass is 9.97. The number of hydrogen-bond acceptors (Lipinski definition) is 3. The second kappa shape index (κ2) is 10.5. The molecular weight excluding hydrogens is 223 g/mol. The van der Waals surface area contributed by atoms with Gasteiger partial charge in [-0.2, -0.15) is 0 Å². The van der Waals surface area contributed by atoms with Gasteiger partial charge >= 0.3 is 8.60 Å². The summed E-state index contributed by atoms with van der Waals surface area (Å²) in [4.78, 5) is 0. The third-order valence-corrected chi connectivity index (χ3v) is 2.69. The van der Waals surface area contributed by atoms with Crippen molar-refractivity contribution in [2.24, 2.45) is 5.41 Å². The van der Waals surface area contributed by atoms with Gasteiger partial charge in [-0.25, -0.2) is 0 Å². The minimum atomic E-state index is -1.07. The van der Waals surface area contributed by atoms with Crippen molar-refractivity contribution in [1.29, 1.82) is 0 Å². The predicted octanol–water partition coefficient (Wildman–Crippen LogP) is 4.76. The zero-order valence-corrected chi connectivity index (χ0v) is 13.1. The summed E-state index contributed by atoms with van der Waals surface area (Å²) >= 11 is 0. The molecule has 1 saturated heterocycles. The number of rotatable bonds is 2. The van der Waals surface area contributed by atoms with Gasteiger partial charge < -0.3 is 13.6 Å². The highest BCUT2D eigenvalue weighted by molar-refractivity contribution is 7.41. The van der Waals surface area contributed by atoms with Gasteiger partial charge in [-0.15, -0.1) is 0 Å². The minimum Gasteiger partial charge on any atom is -0.312 e. The van der Waals surface area contributed by atoms with E-state index in [0.29, 0.717) is 0 Å². The fourth-order valence-corrected chi connectivity index (χ4v) is 2.22. The summed E-state index contributed by atoms with van der Waals surface area (Å²) in [5, 5.41) is 0. The first-order valence-corrected chi connectivity index (χ1v) is 7.32. The largest absolute Gasteiger partial charge is 0.332 e. The zero-order valence-electron chi connectivity index (χ0n) is 12.2. The van der Waals surface area contributed by atoms with E-state index in [-0.39, 0.29) is 11.5 Å². The highest BCUT2D eigenvalue weighted by Crippen LogP contribution is 2.47. The van der Waals surface area contributed by atoms with Gasteiger partial charge in [-0.05, 0) is 13.8 Å². The van der Waals surface area contributed by atoms with Crippen molar-refractivity contribution in [2.75, 3.05) is 13.2 Å². The SMILES string of the molecule is CC.CC.CC(C)OP1OCC(C)(C)CO1. The Kier molecular flexibility index (Phi) is 12.2. The molecule has 0 aromatic heterocycles. The van der Waals surface area contributed by atoms with Gasteiger partial charge in [0.15, 0.2) is 0 Å². The summed E-state index contributed by atoms with van der Waals surface area (Å²) in [5.41, 5.74) is 0.138. The fraction of sp³-hybridized carbons (Fsp3) is 1.00. The Balaban J connectivity index is 0. The quantitative estimate of drug-likeness (QED) is 0.663. The molecule has 0 bridgehead atoms. The van der Waals surface area contributed by atoms with E-state index in [9.17, 15) is 0 Å². The van der Waals surface area contributed by atoms with Crippen LogP contribution < -0.4 is 0 Å². The van der Waals surface area contributed by atoms with Crippen molar-refractivity contribution < 1.29 is 13.6 Å². The van der Waals surface area contributed by atoms with Crippen LogP contribution in [-0.2, 0) is 13.6 Å². The van der Waals surface area contributed by atoms with E-state index < -0.39 is 8.60 Å². The maximum absolute atomic E-state index is 5.42. The minimum absolute atomic E-state index is 0.138. The first-order chi connectivity index (χ1) is 7.49. The van der Waals surface area contributed by atoms with Gasteiger partial charge in [0.2, 0.25) is 0 Å². The molecular formula is C12H29O3P. The molecule has 0 aliphatic carbocycles. The van der Waals surface area contributed by atoms with Crippen molar-refractivity contribution in [3.05, 3.63) is 0 Å². The molecule has 0 aromatic rings. The average Bonchev–Trinajstić information content (AvgIpc) is 2.27. The van der Waals surface area contributed by atoms with Crippen LogP contribution in [0.1, 0.15) is 55.4 Å². The molecule has 0 N–H and O–H groups in total. The van der Waals surface area contributed by atoms with E-state index in [2.05, 4.69) is 13.8 Å². The molecule has 1 heterocycles. The molecule has 4 heteroatoms. The molecule has 0 amide bonds. The molecule has 0 radical (unpaired) electrons. The summed E-state index contributed by atoms with van der Waals surface area (Å²) in [6.45, 7) is 17.7. The Morgan fingerprint density at radius 3 is 1.69 bits per heavy atom. The molecule has 1 rings (SSSR count). The molecule has 1 aliphatic rings. The maximum atomic E-state index is 5.42. The summed E-state index contributed by atoms with van der Waals surface area (Å²) in [5.74, 6) is 0. The first-order valence-electron chi connectivity index (χ1n) is 6.22. The van der Waals surface area contributed by atoms with E-state index in [0.717, 1.165) is 13.2 Å². The van der Waals surface area contributed by atoms with Crippen molar-refractivity contribution in [1.82, 2.24) is 0 Å². The lowest BCUT2D eigenvalue weighted by Gasteiger charge is -2.33. The number of hydrogen-bond donors (Lipinski definition) is 0. The normalized spacial score (nSPS) is 19.3. The topological polar surface area (TPSA) is 27.7 Å². The second-order valence-corrected chi connectivity index (χ2v) is 5.26. The lowest BCUT2D eigenvalue weighted by molar-refractivity contribution is 0.0200. The van der Waals surface area contributed by atoms with Gasteiger partial charge in [0.25, 0.3) is 0 Å². The second-order valence-electron chi connectivity index (χ2n) is 4.09. The Bertz CT molecular complexity index is 139. The van der Waals surface area contributed by atoms with Crippen LogP contribution in [-0.4, -0.2) is 19.3 Å². The van der Waals surface area contributed by atoms with Crippen LogP contribution >= 0.6 is 8.60 Å². The van der Waals surface area contributed by atoms with E-state index in [1.54, 1.807) is 0 Å². The van der Waals surface area contributed by atoms with Gasteiger partial charge in [-0.3, -0.25) is 0 Å². The van der Waals surface area contributed by atoms with Crippen LogP contribution in [0.5, 0.6) is 0 Å². The van der Waals surface area contributed by atoms with E-state index in [4.69, 9.17) is 13.6 Å². The van der Waals surface area contributed by atoms with E-state index >= 15 is 0 Å². The lowest BCUT2D eigenvalue weighted by Crippen LogP contribution is -2.28. The van der Waals surface area contributed by atoms with Crippen molar-refractivity contribution >= 4 is 8.60 Å². The van der Waals surface area contributed by atoms with Crippen LogP contribution in [0.15, 0.2) is 0 Å². The third-order valence-electron chi connectivity index (χ3n) is 1.42. The summed E-state index contributed by atoms with van der Waals surface area (Å²) < 4.78 is 16.3. The van der Waals surface area contributed by atoms with E-state index in [1.165, 1.54) is 0 Å². The van der Waals surface area contributed by atoms with Gasteiger partial charge in [0, 0.05) is 5.41 Å². The monoisotopic (exact) mass is 252 g/mol. The summed E-state index contributed by atoms with van der Waals surface area (Å²) in [6.07, 6.45) is 0.178. The molecule has 16 heavy (non-hydrogen) atoms. The Morgan fingerprint density at radius 1 is 1.00 bits per heavy atom. The standard InChI is InChI=1S/C8H17O3P.2C2H6/c1-7(2)11-12-9-5-8(3,4)6-10-12;2*1-2/h7H,5-6H2,1-4H3;2*1-2H3. The molecule has 1 aliphatic heterocycles. The van der Waals surface area contributed by atoms with Crippen LogP contribution in [0.4, 0.5) is 0 Å². The maximum Gasteiger partial charge on any atom is 0.332 e. The predicted molar refractivity (Wildman–Crippen MR) is 71.5 cm³/mol. The molecule has 0 saturated carbocycles. The first kappa shape index (κ1) is 18.7. The zero-order chi connectivity index (χ0) is 13.2. The van der Waals surface area contributed by atoms with Crippen LogP contribution in [0, 0.1) is 5.41 Å². The summed E-state index contributed by atoms with van der Waals surface area (Å²) in [7, 11) is -1.07. The highest BCUT2D eigenvalue weighted by atomic mass is 31.2. The van der Waals surface area contributed by atoms with Gasteiger partial charge in [-0.1, -0.05) is 41.5 Å². The molecule has 0 atom stereocenters. The Morgan fingerprint density at radius 2 is 1.38 bits per heavy atom. The molecule has 3 nitrogen and oxygen atoms in total.